The lowest BCUT2D eigenvalue weighted by atomic mass is 10.1. The summed E-state index contributed by atoms with van der Waals surface area (Å²) < 4.78 is 14.9. The summed E-state index contributed by atoms with van der Waals surface area (Å²) in [5, 5.41) is 12.7. The predicted octanol–water partition coefficient (Wildman–Crippen LogP) is 1.02. The van der Waals surface area contributed by atoms with Crippen LogP contribution in [0.1, 0.15) is 12.5 Å². The number of hydrogen-bond donors (Lipinski definition) is 4. The summed E-state index contributed by atoms with van der Waals surface area (Å²) in [6.07, 6.45) is 0.720. The zero-order valence-electron chi connectivity index (χ0n) is 9.46. The molecule has 1 rings (SSSR count). The van der Waals surface area contributed by atoms with Crippen molar-refractivity contribution in [1.82, 2.24) is 5.32 Å². The van der Waals surface area contributed by atoms with Crippen molar-refractivity contribution in [3.8, 4) is 11.5 Å². The van der Waals surface area contributed by atoms with Crippen molar-refractivity contribution in [2.45, 2.75) is 13.3 Å². The first-order valence-electron chi connectivity index (χ1n) is 5.20. The first-order chi connectivity index (χ1) is 7.92. The summed E-state index contributed by atoms with van der Waals surface area (Å²) in [6.45, 7) is 3.63. The molecule has 1 aromatic carbocycles. The van der Waals surface area contributed by atoms with E-state index >= 15 is 0 Å². The SMILES string of the molecule is CCNCCc1ccc(OP(=O)(O)O)c(O)c1. The Balaban J connectivity index is 2.69. The van der Waals surface area contributed by atoms with Gasteiger partial charge in [0.25, 0.3) is 0 Å². The van der Waals surface area contributed by atoms with Gasteiger partial charge in [-0.05, 0) is 37.2 Å². The van der Waals surface area contributed by atoms with Crippen molar-refractivity contribution in [1.29, 1.82) is 0 Å². The first-order valence-corrected chi connectivity index (χ1v) is 6.73. The van der Waals surface area contributed by atoms with E-state index in [4.69, 9.17) is 9.79 Å². The van der Waals surface area contributed by atoms with Crippen LogP contribution in [0.25, 0.3) is 0 Å². The summed E-state index contributed by atoms with van der Waals surface area (Å²) in [5.41, 5.74) is 0.863. The number of likely N-dealkylation sites (N-methyl/N-ethyl adjacent to an activating group) is 1. The average molecular weight is 261 g/mol. The first kappa shape index (κ1) is 14.0. The third-order valence-corrected chi connectivity index (χ3v) is 2.52. The second kappa shape index (κ2) is 6.02. The molecule has 0 amide bonds. The van der Waals surface area contributed by atoms with E-state index < -0.39 is 7.82 Å². The van der Waals surface area contributed by atoms with Gasteiger partial charge < -0.3 is 14.9 Å². The molecule has 96 valence electrons. The van der Waals surface area contributed by atoms with E-state index in [-0.39, 0.29) is 11.5 Å². The van der Waals surface area contributed by atoms with Gasteiger partial charge in [0.2, 0.25) is 0 Å². The Kier molecular flexibility index (Phi) is 4.96. The second-order valence-electron chi connectivity index (χ2n) is 3.49. The van der Waals surface area contributed by atoms with Crippen LogP contribution in [0, 0.1) is 0 Å². The second-order valence-corrected chi connectivity index (χ2v) is 4.65. The van der Waals surface area contributed by atoms with E-state index in [1.54, 1.807) is 6.07 Å². The van der Waals surface area contributed by atoms with Gasteiger partial charge in [-0.3, -0.25) is 9.79 Å². The lowest BCUT2D eigenvalue weighted by Gasteiger charge is -2.09. The number of hydrogen-bond acceptors (Lipinski definition) is 4. The minimum Gasteiger partial charge on any atom is -0.504 e. The molecule has 0 aliphatic rings. The van der Waals surface area contributed by atoms with Crippen molar-refractivity contribution in [2.24, 2.45) is 0 Å². The number of phenolic OH excluding ortho intramolecular Hbond substituents is 1. The fraction of sp³-hybridized carbons (Fsp3) is 0.400. The Hall–Kier alpha value is -1.07. The van der Waals surface area contributed by atoms with Gasteiger partial charge in [0.05, 0.1) is 0 Å². The summed E-state index contributed by atoms with van der Waals surface area (Å²) >= 11 is 0. The Morgan fingerprint density at radius 1 is 1.41 bits per heavy atom. The van der Waals surface area contributed by atoms with Gasteiger partial charge in [0, 0.05) is 0 Å². The van der Waals surface area contributed by atoms with Crippen molar-refractivity contribution >= 4 is 7.82 Å². The molecule has 4 N–H and O–H groups in total. The Morgan fingerprint density at radius 3 is 2.65 bits per heavy atom. The molecule has 0 aliphatic carbocycles. The minimum atomic E-state index is -4.63. The highest BCUT2D eigenvalue weighted by atomic mass is 31.2. The molecule has 0 atom stereocenters. The fourth-order valence-electron chi connectivity index (χ4n) is 1.33. The molecule has 0 radical (unpaired) electrons. The number of benzene rings is 1. The highest BCUT2D eigenvalue weighted by Gasteiger charge is 2.18. The number of phosphoric ester groups is 1. The summed E-state index contributed by atoms with van der Waals surface area (Å²) in [4.78, 5) is 17.2. The topological polar surface area (TPSA) is 99.0 Å². The number of phosphoric acid groups is 1. The lowest BCUT2D eigenvalue weighted by Crippen LogP contribution is -2.15. The number of rotatable bonds is 6. The molecule has 0 spiro atoms. The molecule has 7 heteroatoms. The van der Waals surface area contributed by atoms with Gasteiger partial charge in [-0.1, -0.05) is 13.0 Å². The van der Waals surface area contributed by atoms with E-state index in [0.717, 1.165) is 25.1 Å². The maximum Gasteiger partial charge on any atom is 0.524 e. The lowest BCUT2D eigenvalue weighted by molar-refractivity contribution is 0.277. The number of nitrogens with one attached hydrogen (secondary N) is 1. The van der Waals surface area contributed by atoms with Gasteiger partial charge in [0.15, 0.2) is 11.5 Å². The maximum absolute atomic E-state index is 10.6. The molecule has 0 saturated heterocycles. The normalized spacial score (nSPS) is 11.5. The molecule has 0 aliphatic heterocycles. The van der Waals surface area contributed by atoms with Crippen LogP contribution in [-0.2, 0) is 11.0 Å². The highest BCUT2D eigenvalue weighted by molar-refractivity contribution is 7.46. The molecule has 0 bridgehead atoms. The zero-order chi connectivity index (χ0) is 12.9. The zero-order valence-corrected chi connectivity index (χ0v) is 10.4. The van der Waals surface area contributed by atoms with Gasteiger partial charge in [-0.15, -0.1) is 0 Å². The van der Waals surface area contributed by atoms with E-state index in [2.05, 4.69) is 9.84 Å². The number of aromatic hydroxyl groups is 1. The van der Waals surface area contributed by atoms with E-state index in [1.165, 1.54) is 12.1 Å². The standard InChI is InChI=1S/C10H16NO5P/c1-2-11-6-5-8-3-4-10(9(12)7-8)16-17(13,14)15/h3-4,7,11-12H,2,5-6H2,1H3,(H2,13,14,15). The smallest absolute Gasteiger partial charge is 0.504 e. The van der Waals surface area contributed by atoms with Crippen LogP contribution in [0.3, 0.4) is 0 Å². The molecule has 0 fully saturated rings. The van der Waals surface area contributed by atoms with Gasteiger partial charge in [-0.2, -0.15) is 0 Å². The average Bonchev–Trinajstić information content (AvgIpc) is 2.21. The Bertz CT molecular complexity index is 417. The van der Waals surface area contributed by atoms with Crippen LogP contribution < -0.4 is 9.84 Å². The van der Waals surface area contributed by atoms with Crippen LogP contribution in [0.5, 0.6) is 11.5 Å². The largest absolute Gasteiger partial charge is 0.524 e. The summed E-state index contributed by atoms with van der Waals surface area (Å²) in [6, 6.07) is 4.43. The molecule has 1 aromatic rings. The van der Waals surface area contributed by atoms with Crippen LogP contribution in [-0.4, -0.2) is 28.0 Å². The molecular formula is C10H16NO5P. The fourth-order valence-corrected chi connectivity index (χ4v) is 1.74. The van der Waals surface area contributed by atoms with Gasteiger partial charge >= 0.3 is 7.82 Å². The highest BCUT2D eigenvalue weighted by Crippen LogP contribution is 2.41. The maximum atomic E-state index is 10.6. The van der Waals surface area contributed by atoms with Gasteiger partial charge in [-0.25, -0.2) is 4.57 Å². The quantitative estimate of drug-likeness (QED) is 0.450. The molecule has 6 nitrogen and oxygen atoms in total. The van der Waals surface area contributed by atoms with Crippen molar-refractivity contribution in [3.63, 3.8) is 0 Å². The van der Waals surface area contributed by atoms with Crippen molar-refractivity contribution in [2.75, 3.05) is 13.1 Å². The number of phenols is 1. The molecule has 17 heavy (non-hydrogen) atoms. The molecule has 0 unspecified atom stereocenters. The molecule has 0 aromatic heterocycles. The predicted molar refractivity (Wildman–Crippen MR) is 63.0 cm³/mol. The third-order valence-electron chi connectivity index (χ3n) is 2.08. The van der Waals surface area contributed by atoms with E-state index in [9.17, 15) is 9.67 Å². The molecule has 0 heterocycles. The van der Waals surface area contributed by atoms with Gasteiger partial charge in [0.1, 0.15) is 0 Å². The monoisotopic (exact) mass is 261 g/mol. The minimum absolute atomic E-state index is 0.217. The Morgan fingerprint density at radius 2 is 2.12 bits per heavy atom. The summed E-state index contributed by atoms with van der Waals surface area (Å²) in [7, 11) is -4.63. The van der Waals surface area contributed by atoms with Crippen LogP contribution in [0.2, 0.25) is 0 Å². The van der Waals surface area contributed by atoms with Crippen molar-refractivity contribution < 1.29 is 24.0 Å². The Labute approximate surface area is 99.5 Å². The van der Waals surface area contributed by atoms with E-state index in [1.807, 2.05) is 6.92 Å². The molecule has 0 saturated carbocycles. The third kappa shape index (κ3) is 5.19. The van der Waals surface area contributed by atoms with Crippen molar-refractivity contribution in [3.05, 3.63) is 23.8 Å². The van der Waals surface area contributed by atoms with Crippen LogP contribution >= 0.6 is 7.82 Å². The summed E-state index contributed by atoms with van der Waals surface area (Å²) in [5.74, 6) is -0.493. The molecular weight excluding hydrogens is 245 g/mol. The van der Waals surface area contributed by atoms with E-state index in [0.29, 0.717) is 0 Å². The van der Waals surface area contributed by atoms with Crippen LogP contribution in [0.15, 0.2) is 18.2 Å². The van der Waals surface area contributed by atoms with Crippen LogP contribution in [0.4, 0.5) is 0 Å².